The first-order valence-electron chi connectivity index (χ1n) is 6.06. The number of benzene rings is 1. The molecule has 1 amide bonds. The summed E-state index contributed by atoms with van der Waals surface area (Å²) in [5, 5.41) is 8.78. The van der Waals surface area contributed by atoms with Crippen LogP contribution in [-0.2, 0) is 4.79 Å². The van der Waals surface area contributed by atoms with E-state index in [1.807, 2.05) is 0 Å². The van der Waals surface area contributed by atoms with Crippen LogP contribution in [0.5, 0.6) is 0 Å². The number of aliphatic carboxylic acids is 1. The number of carboxylic acid groups (broad SMARTS) is 1. The minimum atomic E-state index is -1.16. The molecule has 0 aliphatic carbocycles. The van der Waals surface area contributed by atoms with Crippen LogP contribution in [0.2, 0.25) is 5.02 Å². The van der Waals surface area contributed by atoms with Crippen LogP contribution in [-0.4, -0.2) is 35.0 Å². The molecular formula is C13H12ClF2NO3. The molecule has 0 radical (unpaired) electrons. The zero-order valence-corrected chi connectivity index (χ0v) is 11.2. The van der Waals surface area contributed by atoms with Crippen LogP contribution in [0.15, 0.2) is 12.1 Å². The number of carbonyl (C=O) groups is 2. The summed E-state index contributed by atoms with van der Waals surface area (Å²) < 4.78 is 26.2. The molecule has 0 spiro atoms. The maximum atomic E-state index is 13.2. The highest BCUT2D eigenvalue weighted by atomic mass is 35.5. The molecule has 1 aromatic rings. The second-order valence-corrected chi connectivity index (χ2v) is 5.08. The van der Waals surface area contributed by atoms with Crippen molar-refractivity contribution in [1.82, 2.24) is 4.90 Å². The molecule has 2 rings (SSSR count). The van der Waals surface area contributed by atoms with E-state index in [0.29, 0.717) is 19.4 Å². The Morgan fingerprint density at radius 2 is 1.95 bits per heavy atom. The van der Waals surface area contributed by atoms with Crippen molar-refractivity contribution in [1.29, 1.82) is 0 Å². The number of carbonyl (C=O) groups excluding carboxylic acids is 1. The summed E-state index contributed by atoms with van der Waals surface area (Å²) in [7, 11) is 0. The molecule has 1 saturated heterocycles. The van der Waals surface area contributed by atoms with Gasteiger partial charge in [-0.3, -0.25) is 9.59 Å². The third-order valence-corrected chi connectivity index (χ3v) is 3.61. The Morgan fingerprint density at radius 3 is 2.60 bits per heavy atom. The van der Waals surface area contributed by atoms with E-state index in [9.17, 15) is 18.4 Å². The van der Waals surface area contributed by atoms with Gasteiger partial charge in [0, 0.05) is 13.1 Å². The molecular weight excluding hydrogens is 292 g/mol. The van der Waals surface area contributed by atoms with Crippen molar-refractivity contribution in [3.05, 3.63) is 34.4 Å². The number of hydrogen-bond donors (Lipinski definition) is 1. The number of piperidine rings is 1. The van der Waals surface area contributed by atoms with Gasteiger partial charge in [-0.05, 0) is 25.0 Å². The number of amides is 1. The van der Waals surface area contributed by atoms with Gasteiger partial charge in [-0.15, -0.1) is 0 Å². The van der Waals surface area contributed by atoms with Crippen molar-refractivity contribution in [3.63, 3.8) is 0 Å². The summed E-state index contributed by atoms with van der Waals surface area (Å²) in [5.41, 5.74) is -0.156. The smallest absolute Gasteiger partial charge is 0.308 e. The zero-order chi connectivity index (χ0) is 14.9. The van der Waals surface area contributed by atoms with Gasteiger partial charge in [0.05, 0.1) is 16.5 Å². The molecule has 0 aromatic heterocycles. The molecule has 1 aliphatic rings. The lowest BCUT2D eigenvalue weighted by Gasteiger charge is -2.31. The average Bonchev–Trinajstić information content (AvgIpc) is 2.42. The molecule has 1 fully saturated rings. The predicted octanol–water partition coefficient (Wildman–Crippen LogP) is 2.56. The number of likely N-dealkylation sites (tertiary alicyclic amines) is 1. The first-order valence-corrected chi connectivity index (χ1v) is 6.44. The first-order chi connectivity index (χ1) is 9.40. The van der Waals surface area contributed by atoms with Gasteiger partial charge >= 0.3 is 5.97 Å². The Bertz CT molecular complexity index is 565. The van der Waals surface area contributed by atoms with Gasteiger partial charge < -0.3 is 10.0 Å². The summed E-state index contributed by atoms with van der Waals surface area (Å²) in [4.78, 5) is 24.5. The van der Waals surface area contributed by atoms with Crippen molar-refractivity contribution in [2.75, 3.05) is 13.1 Å². The Kier molecular flexibility index (Phi) is 4.23. The third-order valence-electron chi connectivity index (χ3n) is 3.30. The van der Waals surface area contributed by atoms with Gasteiger partial charge in [0.25, 0.3) is 5.91 Å². The number of hydrogen-bond acceptors (Lipinski definition) is 2. The Balaban J connectivity index is 2.23. The van der Waals surface area contributed by atoms with E-state index in [1.54, 1.807) is 0 Å². The third kappa shape index (κ3) is 2.90. The van der Waals surface area contributed by atoms with Crippen molar-refractivity contribution >= 4 is 23.5 Å². The van der Waals surface area contributed by atoms with Gasteiger partial charge in [0.2, 0.25) is 0 Å². The lowest BCUT2D eigenvalue weighted by atomic mass is 9.97. The van der Waals surface area contributed by atoms with E-state index in [0.717, 1.165) is 12.1 Å². The minimum absolute atomic E-state index is 0.0451. The molecule has 1 aromatic carbocycles. The molecule has 1 atom stereocenters. The lowest BCUT2D eigenvalue weighted by Crippen LogP contribution is -2.42. The number of rotatable bonds is 2. The fourth-order valence-electron chi connectivity index (χ4n) is 2.22. The van der Waals surface area contributed by atoms with Crippen molar-refractivity contribution in [3.8, 4) is 0 Å². The minimum Gasteiger partial charge on any atom is -0.481 e. The second kappa shape index (κ2) is 5.75. The van der Waals surface area contributed by atoms with E-state index in [1.165, 1.54) is 4.90 Å². The highest BCUT2D eigenvalue weighted by Crippen LogP contribution is 2.24. The number of halogens is 3. The van der Waals surface area contributed by atoms with Crippen LogP contribution in [0.1, 0.15) is 23.2 Å². The molecule has 4 nitrogen and oxygen atoms in total. The van der Waals surface area contributed by atoms with Gasteiger partial charge in [-0.25, -0.2) is 8.78 Å². The highest BCUT2D eigenvalue weighted by Gasteiger charge is 2.29. The van der Waals surface area contributed by atoms with Gasteiger partial charge in [0.15, 0.2) is 11.6 Å². The normalized spacial score (nSPS) is 18.9. The molecule has 7 heteroatoms. The van der Waals surface area contributed by atoms with Crippen molar-refractivity contribution in [2.24, 2.45) is 5.92 Å². The summed E-state index contributed by atoms with van der Waals surface area (Å²) in [6, 6.07) is 1.48. The van der Waals surface area contributed by atoms with E-state index >= 15 is 0 Å². The monoisotopic (exact) mass is 303 g/mol. The van der Waals surface area contributed by atoms with Gasteiger partial charge in [-0.2, -0.15) is 0 Å². The standard InChI is InChI=1S/C13H12ClF2NO3/c14-9-5-11(16)10(15)4-8(9)12(18)17-3-1-2-7(6-17)13(19)20/h4-5,7H,1-3,6H2,(H,19,20). The van der Waals surface area contributed by atoms with Crippen LogP contribution in [0.4, 0.5) is 8.78 Å². The van der Waals surface area contributed by atoms with E-state index < -0.39 is 29.4 Å². The van der Waals surface area contributed by atoms with Crippen LogP contribution in [0.25, 0.3) is 0 Å². The molecule has 1 N–H and O–H groups in total. The van der Waals surface area contributed by atoms with Gasteiger partial charge in [0.1, 0.15) is 0 Å². The largest absolute Gasteiger partial charge is 0.481 e. The summed E-state index contributed by atoms with van der Waals surface area (Å²) in [6.45, 7) is 0.418. The van der Waals surface area contributed by atoms with Crippen LogP contribution in [0, 0.1) is 17.6 Å². The number of carboxylic acids is 1. The fourth-order valence-corrected chi connectivity index (χ4v) is 2.45. The molecule has 1 heterocycles. The molecule has 0 bridgehead atoms. The number of nitrogens with zero attached hydrogens (tertiary/aromatic N) is 1. The quantitative estimate of drug-likeness (QED) is 0.854. The summed E-state index contributed by atoms with van der Waals surface area (Å²) in [6.07, 6.45) is 1.04. The summed E-state index contributed by atoms with van der Waals surface area (Å²) in [5.74, 6) is -4.49. The van der Waals surface area contributed by atoms with Crippen LogP contribution in [0.3, 0.4) is 0 Å². The van der Waals surface area contributed by atoms with Crippen molar-refractivity contribution in [2.45, 2.75) is 12.8 Å². The van der Waals surface area contributed by atoms with E-state index in [-0.39, 0.29) is 17.1 Å². The van der Waals surface area contributed by atoms with E-state index in [2.05, 4.69) is 0 Å². The molecule has 20 heavy (non-hydrogen) atoms. The first kappa shape index (κ1) is 14.7. The van der Waals surface area contributed by atoms with Crippen LogP contribution < -0.4 is 0 Å². The Hall–Kier alpha value is -1.69. The Morgan fingerprint density at radius 1 is 1.30 bits per heavy atom. The van der Waals surface area contributed by atoms with Gasteiger partial charge in [-0.1, -0.05) is 11.6 Å². The SMILES string of the molecule is O=C(O)C1CCCN(C(=O)c2cc(F)c(F)cc2Cl)C1. The fraction of sp³-hybridized carbons (Fsp3) is 0.385. The maximum absolute atomic E-state index is 13.2. The molecule has 1 unspecified atom stereocenters. The van der Waals surface area contributed by atoms with Crippen LogP contribution >= 0.6 is 11.6 Å². The summed E-state index contributed by atoms with van der Waals surface area (Å²) >= 11 is 5.74. The molecule has 1 aliphatic heterocycles. The second-order valence-electron chi connectivity index (χ2n) is 4.67. The molecule has 0 saturated carbocycles. The average molecular weight is 304 g/mol. The lowest BCUT2D eigenvalue weighted by molar-refractivity contribution is -0.143. The zero-order valence-electron chi connectivity index (χ0n) is 10.4. The van der Waals surface area contributed by atoms with Crippen molar-refractivity contribution < 1.29 is 23.5 Å². The Labute approximate surface area is 118 Å². The maximum Gasteiger partial charge on any atom is 0.308 e. The predicted molar refractivity (Wildman–Crippen MR) is 67.6 cm³/mol. The van der Waals surface area contributed by atoms with E-state index in [4.69, 9.17) is 16.7 Å². The molecule has 108 valence electrons. The topological polar surface area (TPSA) is 57.6 Å². The highest BCUT2D eigenvalue weighted by molar-refractivity contribution is 6.33.